The molecule has 0 N–H and O–H groups in total. The number of hydrogen-bond acceptors (Lipinski definition) is 4. The van der Waals surface area contributed by atoms with Crippen molar-refractivity contribution in [2.75, 3.05) is 38.0 Å². The lowest BCUT2D eigenvalue weighted by molar-refractivity contribution is 1.13. The van der Waals surface area contributed by atoms with E-state index in [-0.39, 0.29) is 0 Å². The van der Waals surface area contributed by atoms with Crippen LogP contribution < -0.4 is 9.80 Å². The van der Waals surface area contributed by atoms with Gasteiger partial charge < -0.3 is 9.80 Å². The van der Waals surface area contributed by atoms with Gasteiger partial charge in [0.25, 0.3) is 0 Å². The van der Waals surface area contributed by atoms with E-state index in [1.54, 1.807) is 11.3 Å². The summed E-state index contributed by atoms with van der Waals surface area (Å²) in [6, 6.07) is 23.5. The number of rotatable bonds is 6. The second-order valence-corrected chi connectivity index (χ2v) is 8.98. The van der Waals surface area contributed by atoms with Crippen molar-refractivity contribution in [3.8, 4) is 0 Å². The fourth-order valence-electron chi connectivity index (χ4n) is 3.26. The summed E-state index contributed by atoms with van der Waals surface area (Å²) < 4.78 is 1.20. The molecule has 0 aliphatic heterocycles. The zero-order valence-electron chi connectivity index (χ0n) is 18.4. The largest absolute Gasteiger partial charge is 0.378 e. The van der Waals surface area contributed by atoms with E-state index in [0.717, 1.165) is 10.5 Å². The molecule has 4 heteroatoms. The summed E-state index contributed by atoms with van der Waals surface area (Å²) in [4.78, 5) is 8.96. The third-order valence-corrected chi connectivity index (χ3v) is 6.12. The minimum absolute atomic E-state index is 1.02. The van der Waals surface area contributed by atoms with Crippen molar-refractivity contribution >= 4 is 57.2 Å². The molecule has 4 aromatic rings. The van der Waals surface area contributed by atoms with Crippen LogP contribution in [0.25, 0.3) is 34.5 Å². The molecule has 0 fully saturated rings. The van der Waals surface area contributed by atoms with Crippen LogP contribution in [0.4, 0.5) is 11.4 Å². The van der Waals surface area contributed by atoms with Gasteiger partial charge in [0.05, 0.1) is 10.2 Å². The molecule has 1 heterocycles. The number of anilines is 2. The molecule has 0 unspecified atom stereocenters. The summed E-state index contributed by atoms with van der Waals surface area (Å²) in [5.41, 5.74) is 7.00. The van der Waals surface area contributed by atoms with Crippen LogP contribution in [0.2, 0.25) is 0 Å². The first-order valence-corrected chi connectivity index (χ1v) is 11.1. The Morgan fingerprint density at radius 2 is 1.10 bits per heavy atom. The summed E-state index contributed by atoms with van der Waals surface area (Å²) in [7, 11) is 8.21. The number of fused-ring (bicyclic) bond motifs is 1. The normalized spacial score (nSPS) is 11.6. The van der Waals surface area contributed by atoms with Crippen LogP contribution in [-0.4, -0.2) is 33.2 Å². The van der Waals surface area contributed by atoms with Crippen molar-refractivity contribution in [2.24, 2.45) is 0 Å². The van der Waals surface area contributed by atoms with E-state index in [0.29, 0.717) is 0 Å². The Hall–Kier alpha value is -3.37. The molecule has 0 aliphatic carbocycles. The van der Waals surface area contributed by atoms with Crippen LogP contribution in [-0.2, 0) is 0 Å². The molecule has 0 saturated heterocycles. The van der Waals surface area contributed by atoms with E-state index in [1.807, 2.05) is 0 Å². The van der Waals surface area contributed by atoms with Crippen LogP contribution in [0.5, 0.6) is 0 Å². The van der Waals surface area contributed by atoms with Gasteiger partial charge in [0.2, 0.25) is 0 Å². The van der Waals surface area contributed by atoms with Gasteiger partial charge in [0.1, 0.15) is 5.01 Å². The van der Waals surface area contributed by atoms with Crippen molar-refractivity contribution < 1.29 is 0 Å². The van der Waals surface area contributed by atoms with Gasteiger partial charge in [-0.05, 0) is 59.2 Å². The van der Waals surface area contributed by atoms with Crippen LogP contribution in [0, 0.1) is 0 Å². The Morgan fingerprint density at radius 1 is 0.613 bits per heavy atom. The Labute approximate surface area is 188 Å². The fourth-order valence-corrected chi connectivity index (χ4v) is 4.18. The van der Waals surface area contributed by atoms with Crippen molar-refractivity contribution in [1.29, 1.82) is 0 Å². The molecule has 0 saturated carbocycles. The van der Waals surface area contributed by atoms with Gasteiger partial charge >= 0.3 is 0 Å². The molecular formula is C27H27N3S. The predicted octanol–water partition coefficient (Wildman–Crippen LogP) is 6.77. The second-order valence-electron chi connectivity index (χ2n) is 7.92. The molecule has 0 amide bonds. The van der Waals surface area contributed by atoms with E-state index >= 15 is 0 Å². The summed E-state index contributed by atoms with van der Waals surface area (Å²) >= 11 is 1.72. The number of nitrogens with zero attached hydrogens (tertiary/aromatic N) is 3. The quantitative estimate of drug-likeness (QED) is 0.318. The Morgan fingerprint density at radius 3 is 1.65 bits per heavy atom. The SMILES string of the molecule is CN(C)c1ccc(/C=C/c2ccc3nc(/C=C/c4ccc(N(C)C)cc4)sc3c2)cc1. The molecule has 0 atom stereocenters. The first-order chi connectivity index (χ1) is 15.0. The maximum atomic E-state index is 4.75. The van der Waals surface area contributed by atoms with Crippen molar-refractivity contribution in [2.45, 2.75) is 0 Å². The third-order valence-electron chi connectivity index (χ3n) is 5.13. The minimum Gasteiger partial charge on any atom is -0.378 e. The summed E-state index contributed by atoms with van der Waals surface area (Å²) in [6.07, 6.45) is 8.53. The lowest BCUT2D eigenvalue weighted by Crippen LogP contribution is -2.07. The van der Waals surface area contributed by atoms with Crippen LogP contribution in [0.15, 0.2) is 66.7 Å². The zero-order chi connectivity index (χ0) is 21.8. The molecular weight excluding hydrogens is 398 g/mol. The minimum atomic E-state index is 1.02. The van der Waals surface area contributed by atoms with Gasteiger partial charge in [0, 0.05) is 39.6 Å². The molecule has 3 aromatic carbocycles. The maximum absolute atomic E-state index is 4.75. The molecule has 3 nitrogen and oxygen atoms in total. The van der Waals surface area contributed by atoms with Gasteiger partial charge in [-0.2, -0.15) is 0 Å². The van der Waals surface area contributed by atoms with E-state index < -0.39 is 0 Å². The number of thiazole rings is 1. The molecule has 0 spiro atoms. The van der Waals surface area contributed by atoms with E-state index in [2.05, 4.69) is 129 Å². The summed E-state index contributed by atoms with van der Waals surface area (Å²) in [5.74, 6) is 0. The lowest BCUT2D eigenvalue weighted by atomic mass is 10.1. The standard InChI is InChI=1S/C27H27N3S/c1-29(2)23-13-7-20(8-14-23)5-6-22-11-17-25-26(19-22)31-27(28-25)18-12-21-9-15-24(16-10-21)30(3)4/h5-19H,1-4H3/b6-5+,18-12+. The Kier molecular flexibility index (Phi) is 6.19. The van der Waals surface area contributed by atoms with Gasteiger partial charge in [-0.3, -0.25) is 0 Å². The topological polar surface area (TPSA) is 19.4 Å². The van der Waals surface area contributed by atoms with Gasteiger partial charge in [-0.25, -0.2) is 4.98 Å². The van der Waals surface area contributed by atoms with Gasteiger partial charge in [0.15, 0.2) is 0 Å². The first-order valence-electron chi connectivity index (χ1n) is 10.3. The van der Waals surface area contributed by atoms with Crippen molar-refractivity contribution in [3.05, 3.63) is 88.4 Å². The smallest absolute Gasteiger partial charge is 0.117 e. The molecule has 1 aromatic heterocycles. The van der Waals surface area contributed by atoms with Crippen LogP contribution >= 0.6 is 11.3 Å². The van der Waals surface area contributed by atoms with Gasteiger partial charge in [-0.1, -0.05) is 48.6 Å². The highest BCUT2D eigenvalue weighted by Gasteiger charge is 2.02. The van der Waals surface area contributed by atoms with Crippen molar-refractivity contribution in [3.63, 3.8) is 0 Å². The summed E-state index contributed by atoms with van der Waals surface area (Å²) in [5, 5.41) is 1.02. The van der Waals surface area contributed by atoms with Gasteiger partial charge in [-0.15, -0.1) is 11.3 Å². The van der Waals surface area contributed by atoms with Crippen molar-refractivity contribution in [1.82, 2.24) is 4.98 Å². The summed E-state index contributed by atoms with van der Waals surface area (Å²) in [6.45, 7) is 0. The average Bonchev–Trinajstić information content (AvgIpc) is 3.19. The highest BCUT2D eigenvalue weighted by molar-refractivity contribution is 7.19. The Balaban J connectivity index is 1.48. The predicted molar refractivity (Wildman–Crippen MR) is 139 cm³/mol. The highest BCUT2D eigenvalue weighted by atomic mass is 32.1. The number of benzene rings is 3. The first kappa shape index (κ1) is 20.9. The highest BCUT2D eigenvalue weighted by Crippen LogP contribution is 2.26. The molecule has 0 radical (unpaired) electrons. The maximum Gasteiger partial charge on any atom is 0.117 e. The van der Waals surface area contributed by atoms with Crippen LogP contribution in [0.1, 0.15) is 21.7 Å². The zero-order valence-corrected chi connectivity index (χ0v) is 19.2. The van der Waals surface area contributed by atoms with E-state index in [4.69, 9.17) is 4.98 Å². The van der Waals surface area contributed by atoms with Crippen LogP contribution in [0.3, 0.4) is 0 Å². The lowest BCUT2D eigenvalue weighted by Gasteiger charge is -2.11. The number of hydrogen-bond donors (Lipinski definition) is 0. The average molecular weight is 426 g/mol. The second kappa shape index (κ2) is 9.19. The van der Waals surface area contributed by atoms with E-state index in [9.17, 15) is 0 Å². The fraction of sp³-hybridized carbons (Fsp3) is 0.148. The molecule has 31 heavy (non-hydrogen) atoms. The molecule has 156 valence electrons. The molecule has 0 aliphatic rings. The number of aromatic nitrogens is 1. The van der Waals surface area contributed by atoms with E-state index in [1.165, 1.54) is 32.8 Å². The third kappa shape index (κ3) is 5.22. The molecule has 0 bridgehead atoms. The molecule has 4 rings (SSSR count). The Bertz CT molecular complexity index is 1150. The monoisotopic (exact) mass is 425 g/mol.